The fourth-order valence-corrected chi connectivity index (χ4v) is 1.60. The maximum absolute atomic E-state index is 12.0. The third kappa shape index (κ3) is 4.07. The highest BCUT2D eigenvalue weighted by atomic mass is 16.3. The predicted molar refractivity (Wildman–Crippen MR) is 70.1 cm³/mol. The first-order chi connectivity index (χ1) is 8.72. The number of unbranched alkanes of at least 4 members (excludes halogenated alkanes) is 1. The summed E-state index contributed by atoms with van der Waals surface area (Å²) in [4.78, 5) is 22.0. The molecule has 0 bridgehead atoms. The fourth-order valence-electron chi connectivity index (χ4n) is 1.60. The van der Waals surface area contributed by atoms with Crippen LogP contribution < -0.4 is 4.90 Å². The van der Waals surface area contributed by atoms with E-state index in [1.807, 2.05) is 6.92 Å². The van der Waals surface area contributed by atoms with Crippen molar-refractivity contribution in [3.63, 3.8) is 0 Å². The van der Waals surface area contributed by atoms with Gasteiger partial charge in [0.25, 0.3) is 0 Å². The van der Waals surface area contributed by atoms with Crippen molar-refractivity contribution < 1.29 is 9.90 Å². The van der Waals surface area contributed by atoms with Crippen LogP contribution in [0.2, 0.25) is 0 Å². The molecule has 0 atom stereocenters. The molecule has 0 fully saturated rings. The number of aliphatic hydroxyl groups excluding tert-OH is 1. The molecular weight excluding hydrogens is 230 g/mol. The highest BCUT2D eigenvalue weighted by Crippen LogP contribution is 2.11. The first kappa shape index (κ1) is 14.6. The van der Waals surface area contributed by atoms with Crippen molar-refractivity contribution in [1.82, 2.24) is 9.97 Å². The number of aromatic nitrogens is 2. The SMILES string of the molecule is CCCCN(C(=O)CCC)c1nccc(CO)n1. The van der Waals surface area contributed by atoms with E-state index in [9.17, 15) is 4.79 Å². The second kappa shape index (κ2) is 7.76. The Morgan fingerprint density at radius 3 is 2.78 bits per heavy atom. The molecule has 1 heterocycles. The van der Waals surface area contributed by atoms with Gasteiger partial charge in [-0.25, -0.2) is 9.97 Å². The van der Waals surface area contributed by atoms with Crippen LogP contribution in [0.5, 0.6) is 0 Å². The molecule has 100 valence electrons. The van der Waals surface area contributed by atoms with Gasteiger partial charge >= 0.3 is 0 Å². The number of hydrogen-bond donors (Lipinski definition) is 1. The van der Waals surface area contributed by atoms with Crippen molar-refractivity contribution in [2.75, 3.05) is 11.4 Å². The topological polar surface area (TPSA) is 66.3 Å². The molecule has 1 amide bonds. The lowest BCUT2D eigenvalue weighted by atomic mass is 10.2. The summed E-state index contributed by atoms with van der Waals surface area (Å²) in [5.74, 6) is 0.439. The predicted octanol–water partition coefficient (Wildman–Crippen LogP) is 1.90. The quantitative estimate of drug-likeness (QED) is 0.803. The van der Waals surface area contributed by atoms with Crippen molar-refractivity contribution in [2.45, 2.75) is 46.1 Å². The number of amides is 1. The molecular formula is C13H21N3O2. The summed E-state index contributed by atoms with van der Waals surface area (Å²) in [5.41, 5.74) is 0.533. The Morgan fingerprint density at radius 1 is 1.39 bits per heavy atom. The maximum Gasteiger partial charge on any atom is 0.232 e. The van der Waals surface area contributed by atoms with Crippen LogP contribution in [0.4, 0.5) is 5.95 Å². The van der Waals surface area contributed by atoms with Crippen LogP contribution in [0.15, 0.2) is 12.3 Å². The molecule has 1 aromatic heterocycles. The fraction of sp³-hybridized carbons (Fsp3) is 0.615. The number of rotatable bonds is 7. The number of hydrogen-bond acceptors (Lipinski definition) is 4. The van der Waals surface area contributed by atoms with Gasteiger partial charge in [0.2, 0.25) is 11.9 Å². The Balaban J connectivity index is 2.89. The third-order valence-corrected chi connectivity index (χ3v) is 2.60. The number of nitrogens with zero attached hydrogens (tertiary/aromatic N) is 3. The molecule has 5 heteroatoms. The first-order valence-electron chi connectivity index (χ1n) is 6.46. The van der Waals surface area contributed by atoms with Gasteiger partial charge in [-0.3, -0.25) is 9.69 Å². The van der Waals surface area contributed by atoms with Crippen molar-refractivity contribution >= 4 is 11.9 Å². The van der Waals surface area contributed by atoms with E-state index in [2.05, 4.69) is 16.9 Å². The van der Waals surface area contributed by atoms with E-state index in [0.29, 0.717) is 24.6 Å². The number of carbonyl (C=O) groups is 1. The van der Waals surface area contributed by atoms with Crippen LogP contribution in [0, 0.1) is 0 Å². The summed E-state index contributed by atoms with van der Waals surface area (Å²) in [7, 11) is 0. The average molecular weight is 251 g/mol. The molecule has 0 aliphatic heterocycles. The zero-order chi connectivity index (χ0) is 13.4. The molecule has 0 radical (unpaired) electrons. The van der Waals surface area contributed by atoms with Crippen LogP contribution in [0.25, 0.3) is 0 Å². The van der Waals surface area contributed by atoms with Gasteiger partial charge in [0.05, 0.1) is 12.3 Å². The van der Waals surface area contributed by atoms with Crippen molar-refractivity contribution in [2.24, 2.45) is 0 Å². The smallest absolute Gasteiger partial charge is 0.232 e. The van der Waals surface area contributed by atoms with Crippen LogP contribution in [-0.4, -0.2) is 27.5 Å². The lowest BCUT2D eigenvalue weighted by Crippen LogP contribution is -2.33. The second-order valence-corrected chi connectivity index (χ2v) is 4.16. The van der Waals surface area contributed by atoms with Crippen LogP contribution in [0.1, 0.15) is 45.2 Å². The molecule has 5 nitrogen and oxygen atoms in total. The molecule has 0 spiro atoms. The highest BCUT2D eigenvalue weighted by Gasteiger charge is 2.17. The van der Waals surface area contributed by atoms with Gasteiger partial charge in [0.1, 0.15) is 0 Å². The molecule has 0 saturated heterocycles. The van der Waals surface area contributed by atoms with Crippen molar-refractivity contribution in [1.29, 1.82) is 0 Å². The second-order valence-electron chi connectivity index (χ2n) is 4.16. The average Bonchev–Trinajstić information content (AvgIpc) is 2.40. The molecule has 1 aromatic rings. The van der Waals surface area contributed by atoms with Gasteiger partial charge in [0, 0.05) is 19.2 Å². The summed E-state index contributed by atoms with van der Waals surface area (Å²) in [5, 5.41) is 9.07. The minimum atomic E-state index is -0.140. The highest BCUT2D eigenvalue weighted by molar-refractivity contribution is 5.91. The molecule has 1 rings (SSSR count). The van der Waals surface area contributed by atoms with Crippen LogP contribution >= 0.6 is 0 Å². The Morgan fingerprint density at radius 2 is 2.17 bits per heavy atom. The largest absolute Gasteiger partial charge is 0.390 e. The summed E-state index contributed by atoms with van der Waals surface area (Å²) in [6.45, 7) is 4.54. The van der Waals surface area contributed by atoms with E-state index < -0.39 is 0 Å². The Bertz CT molecular complexity index is 382. The van der Waals surface area contributed by atoms with E-state index >= 15 is 0 Å². The minimum absolute atomic E-state index is 0.0426. The van der Waals surface area contributed by atoms with E-state index in [1.165, 1.54) is 0 Å². The third-order valence-electron chi connectivity index (χ3n) is 2.60. The van der Waals surface area contributed by atoms with Gasteiger partial charge in [-0.1, -0.05) is 20.3 Å². The van der Waals surface area contributed by atoms with Gasteiger partial charge in [-0.05, 0) is 18.9 Å². The molecule has 1 N–H and O–H groups in total. The molecule has 0 unspecified atom stereocenters. The Kier molecular flexibility index (Phi) is 6.28. The van der Waals surface area contributed by atoms with Gasteiger partial charge in [-0.15, -0.1) is 0 Å². The monoisotopic (exact) mass is 251 g/mol. The summed E-state index contributed by atoms with van der Waals surface area (Å²) < 4.78 is 0. The van der Waals surface area contributed by atoms with Gasteiger partial charge < -0.3 is 5.11 Å². The summed E-state index contributed by atoms with van der Waals surface area (Å²) in [6.07, 6.45) is 4.81. The van der Waals surface area contributed by atoms with Crippen LogP contribution in [-0.2, 0) is 11.4 Å². The Hall–Kier alpha value is -1.49. The number of carbonyl (C=O) groups excluding carboxylic acids is 1. The Labute approximate surface area is 108 Å². The first-order valence-corrected chi connectivity index (χ1v) is 6.46. The van der Waals surface area contributed by atoms with E-state index in [-0.39, 0.29) is 12.5 Å². The molecule has 0 saturated carbocycles. The molecule has 0 aliphatic rings. The lowest BCUT2D eigenvalue weighted by molar-refractivity contribution is -0.118. The summed E-state index contributed by atoms with van der Waals surface area (Å²) >= 11 is 0. The minimum Gasteiger partial charge on any atom is -0.390 e. The maximum atomic E-state index is 12.0. The normalized spacial score (nSPS) is 10.4. The number of aliphatic hydroxyl groups is 1. The molecule has 0 aromatic carbocycles. The number of anilines is 1. The van der Waals surface area contributed by atoms with Crippen molar-refractivity contribution in [3.05, 3.63) is 18.0 Å². The van der Waals surface area contributed by atoms with Gasteiger partial charge in [0.15, 0.2) is 0 Å². The van der Waals surface area contributed by atoms with E-state index in [4.69, 9.17) is 5.11 Å². The molecule has 0 aliphatic carbocycles. The van der Waals surface area contributed by atoms with Crippen LogP contribution in [0.3, 0.4) is 0 Å². The van der Waals surface area contributed by atoms with E-state index in [0.717, 1.165) is 19.3 Å². The van der Waals surface area contributed by atoms with Crippen molar-refractivity contribution in [3.8, 4) is 0 Å². The van der Waals surface area contributed by atoms with Gasteiger partial charge in [-0.2, -0.15) is 0 Å². The van der Waals surface area contributed by atoms with E-state index in [1.54, 1.807) is 17.2 Å². The zero-order valence-corrected chi connectivity index (χ0v) is 11.1. The lowest BCUT2D eigenvalue weighted by Gasteiger charge is -2.20. The molecule has 18 heavy (non-hydrogen) atoms. The summed E-state index contributed by atoms with van der Waals surface area (Å²) in [6, 6.07) is 1.64. The zero-order valence-electron chi connectivity index (χ0n) is 11.1. The standard InChI is InChI=1S/C13H21N3O2/c1-3-5-9-16(12(18)6-4-2)13-14-8-7-11(10-17)15-13/h7-8,17H,3-6,9-10H2,1-2H3.